The number of carbonyl (C=O) groups is 2. The van der Waals surface area contributed by atoms with Crippen molar-refractivity contribution in [2.45, 2.75) is 18.9 Å². The highest BCUT2D eigenvalue weighted by Crippen LogP contribution is 2.22. The Bertz CT molecular complexity index is 1360. The van der Waals surface area contributed by atoms with Crippen LogP contribution < -0.4 is 0 Å². The highest BCUT2D eigenvalue weighted by molar-refractivity contribution is 7.11. The van der Waals surface area contributed by atoms with Crippen LogP contribution in [0.1, 0.15) is 31.5 Å². The maximum atomic E-state index is 13.1. The number of aromatic nitrogens is 3. The molecule has 36 heavy (non-hydrogen) atoms. The van der Waals surface area contributed by atoms with Crippen molar-refractivity contribution in [1.82, 2.24) is 29.7 Å². The summed E-state index contributed by atoms with van der Waals surface area (Å²) in [6.45, 7) is 4.51. The number of H-pyrrole nitrogens is 1. The van der Waals surface area contributed by atoms with E-state index in [9.17, 15) is 9.59 Å². The molecule has 2 saturated heterocycles. The third-order valence-corrected chi connectivity index (χ3v) is 7.91. The fraction of sp³-hybridized carbons (Fsp3) is 0.333. The normalized spacial score (nSPS) is 16.9. The van der Waals surface area contributed by atoms with Crippen molar-refractivity contribution in [2.75, 3.05) is 39.3 Å². The van der Waals surface area contributed by atoms with Crippen LogP contribution >= 0.6 is 11.3 Å². The van der Waals surface area contributed by atoms with Crippen LogP contribution in [0.3, 0.4) is 0 Å². The molecule has 0 saturated carbocycles. The molecule has 0 atom stereocenters. The Hall–Kier alpha value is -3.56. The molecule has 6 rings (SSSR count). The summed E-state index contributed by atoms with van der Waals surface area (Å²) in [5.41, 5.74) is 3.77. The first-order chi connectivity index (χ1) is 17.6. The molecule has 4 heterocycles. The van der Waals surface area contributed by atoms with Gasteiger partial charge in [-0.1, -0.05) is 30.3 Å². The third-order valence-electron chi connectivity index (χ3n) is 7.15. The lowest BCUT2D eigenvalue weighted by molar-refractivity contribution is 0.00854. The largest absolute Gasteiger partial charge is 0.342 e. The minimum Gasteiger partial charge on any atom is -0.342 e. The van der Waals surface area contributed by atoms with Gasteiger partial charge in [0.05, 0.1) is 11.0 Å². The van der Waals surface area contributed by atoms with Gasteiger partial charge in [-0.25, -0.2) is 9.97 Å². The summed E-state index contributed by atoms with van der Waals surface area (Å²) in [5.74, 6) is 1.02. The monoisotopic (exact) mass is 500 g/mol. The topological polar surface area (TPSA) is 85.4 Å². The molecule has 2 aliphatic heterocycles. The summed E-state index contributed by atoms with van der Waals surface area (Å²) in [6, 6.07) is 16.5. The molecule has 2 aromatic carbocycles. The van der Waals surface area contributed by atoms with Crippen LogP contribution in [0.15, 0.2) is 60.1 Å². The van der Waals surface area contributed by atoms with E-state index in [1.54, 1.807) is 6.20 Å². The summed E-state index contributed by atoms with van der Waals surface area (Å²) < 4.78 is 0. The number of amides is 2. The van der Waals surface area contributed by atoms with Gasteiger partial charge in [0.1, 0.15) is 5.82 Å². The summed E-state index contributed by atoms with van der Waals surface area (Å²) in [5, 5.41) is 2.39. The Kier molecular flexibility index (Phi) is 6.25. The smallest absolute Gasteiger partial charge is 0.282 e. The highest BCUT2D eigenvalue weighted by atomic mass is 32.1. The Morgan fingerprint density at radius 2 is 1.75 bits per heavy atom. The van der Waals surface area contributed by atoms with Crippen LogP contribution in [0.25, 0.3) is 11.0 Å². The van der Waals surface area contributed by atoms with E-state index in [1.165, 1.54) is 16.9 Å². The fourth-order valence-corrected chi connectivity index (χ4v) is 5.61. The van der Waals surface area contributed by atoms with Crippen molar-refractivity contribution >= 4 is 34.2 Å². The summed E-state index contributed by atoms with van der Waals surface area (Å²) in [6.07, 6.45) is 3.43. The molecule has 2 amide bonds. The molecule has 0 radical (unpaired) electrons. The Morgan fingerprint density at radius 3 is 2.50 bits per heavy atom. The second kappa shape index (κ2) is 9.83. The summed E-state index contributed by atoms with van der Waals surface area (Å²) >= 11 is 1.39. The standard InChI is InChI=1S/C27H28N6O2S/c34-26(20-7-8-22-23(16-20)30-24(29-22)9-6-19-4-2-1-3-5-19)33-17-21(18-33)31-11-13-32(14-12-31)27(35)25-28-10-15-36-25/h1-5,7-8,10,15-16,21H,6,9,11-14,17-18H2,(H,29,30). The zero-order valence-electron chi connectivity index (χ0n) is 20.0. The number of likely N-dealkylation sites (tertiary alicyclic amines) is 1. The molecular formula is C27H28N6O2S. The van der Waals surface area contributed by atoms with Gasteiger partial charge in [-0.3, -0.25) is 14.5 Å². The third kappa shape index (κ3) is 4.64. The van der Waals surface area contributed by atoms with Crippen molar-refractivity contribution in [1.29, 1.82) is 0 Å². The van der Waals surface area contributed by atoms with Crippen molar-refractivity contribution < 1.29 is 9.59 Å². The lowest BCUT2D eigenvalue weighted by Crippen LogP contribution is -2.64. The average Bonchev–Trinajstić information content (AvgIpc) is 3.57. The van der Waals surface area contributed by atoms with E-state index >= 15 is 0 Å². The van der Waals surface area contributed by atoms with Crippen molar-refractivity contribution in [3.63, 3.8) is 0 Å². The molecule has 2 fully saturated rings. The van der Waals surface area contributed by atoms with Crippen LogP contribution in [0.5, 0.6) is 0 Å². The van der Waals surface area contributed by atoms with Gasteiger partial charge in [-0.15, -0.1) is 11.3 Å². The van der Waals surface area contributed by atoms with Gasteiger partial charge in [0.25, 0.3) is 11.8 Å². The number of fused-ring (bicyclic) bond motifs is 1. The number of aromatic amines is 1. The molecule has 0 unspecified atom stereocenters. The number of aryl methyl sites for hydroxylation is 2. The van der Waals surface area contributed by atoms with Crippen molar-refractivity contribution in [2.24, 2.45) is 0 Å². The molecular weight excluding hydrogens is 472 g/mol. The van der Waals surface area contributed by atoms with Crippen molar-refractivity contribution in [3.05, 3.63) is 82.1 Å². The predicted molar refractivity (Wildman–Crippen MR) is 139 cm³/mol. The van der Waals surface area contributed by atoms with E-state index < -0.39 is 0 Å². The van der Waals surface area contributed by atoms with E-state index in [-0.39, 0.29) is 11.8 Å². The lowest BCUT2D eigenvalue weighted by Gasteiger charge is -2.48. The SMILES string of the molecule is O=C(c1ccc2nc(CCc3ccccc3)[nH]c2c1)N1CC(N2CCN(C(=O)c3nccs3)CC2)C1. The molecule has 1 N–H and O–H groups in total. The van der Waals surface area contributed by atoms with Gasteiger partial charge in [-0.2, -0.15) is 0 Å². The quantitative estimate of drug-likeness (QED) is 0.440. The lowest BCUT2D eigenvalue weighted by atomic mass is 10.0. The Balaban J connectivity index is 1.02. The molecule has 4 aromatic rings. The molecule has 8 nitrogen and oxygen atoms in total. The van der Waals surface area contributed by atoms with Crippen LogP contribution in [0.2, 0.25) is 0 Å². The molecule has 9 heteroatoms. The number of thiazole rings is 1. The number of hydrogen-bond acceptors (Lipinski definition) is 6. The van der Waals surface area contributed by atoms with Gasteiger partial charge in [0.2, 0.25) is 0 Å². The van der Waals surface area contributed by atoms with E-state index in [1.807, 2.05) is 39.4 Å². The first-order valence-electron chi connectivity index (χ1n) is 12.4. The first kappa shape index (κ1) is 22.9. The van der Waals surface area contributed by atoms with Crippen molar-refractivity contribution in [3.8, 4) is 0 Å². The van der Waals surface area contributed by atoms with Gasteiger partial charge < -0.3 is 14.8 Å². The number of rotatable bonds is 6. The zero-order chi connectivity index (χ0) is 24.5. The average molecular weight is 501 g/mol. The van der Waals surface area contributed by atoms with Crippen LogP contribution in [-0.4, -0.2) is 86.8 Å². The van der Waals surface area contributed by atoms with Gasteiger partial charge in [-0.05, 0) is 30.2 Å². The molecule has 2 aliphatic rings. The zero-order valence-corrected chi connectivity index (χ0v) is 20.8. The number of nitrogens with one attached hydrogen (secondary N) is 1. The number of nitrogens with zero attached hydrogens (tertiary/aromatic N) is 5. The van der Waals surface area contributed by atoms with Crippen LogP contribution in [-0.2, 0) is 12.8 Å². The van der Waals surface area contributed by atoms with E-state index in [0.29, 0.717) is 29.7 Å². The number of hydrogen-bond donors (Lipinski definition) is 1. The number of piperazine rings is 1. The van der Waals surface area contributed by atoms with E-state index in [2.05, 4.69) is 39.1 Å². The summed E-state index contributed by atoms with van der Waals surface area (Å²) in [7, 11) is 0. The first-order valence-corrected chi connectivity index (χ1v) is 13.3. The van der Waals surface area contributed by atoms with E-state index in [4.69, 9.17) is 4.98 Å². The molecule has 184 valence electrons. The Morgan fingerprint density at radius 1 is 0.944 bits per heavy atom. The fourth-order valence-electron chi connectivity index (χ4n) is 5.01. The number of imidazole rings is 1. The highest BCUT2D eigenvalue weighted by Gasteiger charge is 2.37. The van der Waals surface area contributed by atoms with E-state index in [0.717, 1.165) is 55.9 Å². The number of benzene rings is 2. The minimum absolute atomic E-state index is 0.0208. The van der Waals surface area contributed by atoms with Crippen LogP contribution in [0.4, 0.5) is 0 Å². The maximum absolute atomic E-state index is 13.1. The minimum atomic E-state index is 0.0208. The molecule has 0 aliphatic carbocycles. The second-order valence-corrected chi connectivity index (χ2v) is 10.3. The molecule has 0 bridgehead atoms. The molecule has 0 spiro atoms. The van der Waals surface area contributed by atoms with Crippen LogP contribution in [0, 0.1) is 0 Å². The van der Waals surface area contributed by atoms with Gasteiger partial charge in [0.15, 0.2) is 5.01 Å². The summed E-state index contributed by atoms with van der Waals surface area (Å²) in [4.78, 5) is 44.0. The second-order valence-electron chi connectivity index (χ2n) is 9.43. The van der Waals surface area contributed by atoms with Gasteiger partial charge >= 0.3 is 0 Å². The molecule has 2 aromatic heterocycles. The number of carbonyl (C=O) groups excluding carboxylic acids is 2. The predicted octanol–water partition coefficient (Wildman–Crippen LogP) is 3.09. The van der Waals surface area contributed by atoms with Gasteiger partial charge in [0, 0.05) is 68.9 Å². The Labute approximate surface area is 213 Å². The maximum Gasteiger partial charge on any atom is 0.282 e.